The SMILES string of the molecule is CS(=O)(=O)c1ccc(OCC(=O)NNC(=S)S)cc1. The first-order valence-corrected chi connectivity index (χ1v) is 7.74. The zero-order chi connectivity index (χ0) is 14.5. The van der Waals surface area contributed by atoms with E-state index in [9.17, 15) is 13.2 Å². The van der Waals surface area contributed by atoms with E-state index in [2.05, 4.69) is 35.7 Å². The molecule has 0 spiro atoms. The van der Waals surface area contributed by atoms with E-state index in [4.69, 9.17) is 4.74 Å². The van der Waals surface area contributed by atoms with Crippen molar-refractivity contribution >= 4 is 44.9 Å². The molecule has 1 amide bonds. The second kappa shape index (κ2) is 6.73. The maximum Gasteiger partial charge on any atom is 0.276 e. The predicted molar refractivity (Wildman–Crippen MR) is 77.9 cm³/mol. The fraction of sp³-hybridized carbons (Fsp3) is 0.200. The summed E-state index contributed by atoms with van der Waals surface area (Å²) in [4.78, 5) is 11.4. The van der Waals surface area contributed by atoms with E-state index in [1.165, 1.54) is 24.3 Å². The van der Waals surface area contributed by atoms with Crippen LogP contribution in [-0.2, 0) is 14.6 Å². The van der Waals surface area contributed by atoms with Crippen LogP contribution < -0.4 is 15.6 Å². The summed E-state index contributed by atoms with van der Waals surface area (Å²) >= 11 is 8.34. The standard InChI is InChI=1S/C10H12N2O4S3/c1-19(14,15)8-4-2-7(3-5-8)16-6-9(13)11-12-10(17)18/h2-5H,6H2,1H3,(H,11,13)(H2,12,17,18). The summed E-state index contributed by atoms with van der Waals surface area (Å²) in [5.41, 5.74) is 4.61. The van der Waals surface area contributed by atoms with Gasteiger partial charge in [0.05, 0.1) is 4.90 Å². The monoisotopic (exact) mass is 320 g/mol. The van der Waals surface area contributed by atoms with Crippen molar-refractivity contribution in [2.24, 2.45) is 0 Å². The van der Waals surface area contributed by atoms with Crippen LogP contribution in [0.15, 0.2) is 29.2 Å². The summed E-state index contributed by atoms with van der Waals surface area (Å²) < 4.78 is 27.7. The zero-order valence-electron chi connectivity index (χ0n) is 9.91. The van der Waals surface area contributed by atoms with E-state index in [0.717, 1.165) is 6.26 Å². The van der Waals surface area contributed by atoms with Gasteiger partial charge in [0.1, 0.15) is 10.1 Å². The molecule has 0 aliphatic carbocycles. The van der Waals surface area contributed by atoms with Crippen LogP contribution in [0.2, 0.25) is 0 Å². The normalized spacial score (nSPS) is 10.6. The van der Waals surface area contributed by atoms with Crippen molar-refractivity contribution in [3.63, 3.8) is 0 Å². The Balaban J connectivity index is 2.51. The molecule has 0 radical (unpaired) electrons. The molecule has 104 valence electrons. The van der Waals surface area contributed by atoms with Crippen molar-refractivity contribution in [3.8, 4) is 5.75 Å². The molecule has 19 heavy (non-hydrogen) atoms. The average Bonchev–Trinajstić information content (AvgIpc) is 2.33. The van der Waals surface area contributed by atoms with Gasteiger partial charge < -0.3 is 4.74 Å². The Labute approximate surface area is 121 Å². The number of nitrogens with one attached hydrogen (secondary N) is 2. The minimum absolute atomic E-state index is 0.130. The molecule has 0 heterocycles. The van der Waals surface area contributed by atoms with Gasteiger partial charge in [-0.1, -0.05) is 12.2 Å². The summed E-state index contributed by atoms with van der Waals surface area (Å²) in [6.45, 7) is -0.235. The van der Waals surface area contributed by atoms with E-state index >= 15 is 0 Å². The smallest absolute Gasteiger partial charge is 0.276 e. The van der Waals surface area contributed by atoms with Crippen LogP contribution in [0.4, 0.5) is 0 Å². The number of carbonyl (C=O) groups is 1. The molecule has 0 bridgehead atoms. The van der Waals surface area contributed by atoms with E-state index in [1.807, 2.05) is 0 Å². The van der Waals surface area contributed by atoms with E-state index in [-0.39, 0.29) is 15.8 Å². The highest BCUT2D eigenvalue weighted by Crippen LogP contribution is 2.15. The van der Waals surface area contributed by atoms with Crippen molar-refractivity contribution < 1.29 is 17.9 Å². The third-order valence-electron chi connectivity index (χ3n) is 1.93. The zero-order valence-corrected chi connectivity index (χ0v) is 12.4. The number of thiocarbonyl (C=S) groups is 1. The van der Waals surface area contributed by atoms with E-state index < -0.39 is 15.7 Å². The number of hydrogen-bond acceptors (Lipinski definition) is 5. The maximum absolute atomic E-state index is 11.3. The lowest BCUT2D eigenvalue weighted by Gasteiger charge is -2.08. The van der Waals surface area contributed by atoms with Gasteiger partial charge in [0.25, 0.3) is 5.91 Å². The molecule has 0 atom stereocenters. The van der Waals surface area contributed by atoms with Gasteiger partial charge in [0.15, 0.2) is 16.4 Å². The first-order chi connectivity index (χ1) is 8.79. The molecule has 2 N–H and O–H groups in total. The minimum Gasteiger partial charge on any atom is -0.484 e. The fourth-order valence-corrected chi connectivity index (χ4v) is 1.83. The van der Waals surface area contributed by atoms with E-state index in [1.54, 1.807) is 0 Å². The topological polar surface area (TPSA) is 84.5 Å². The number of benzene rings is 1. The van der Waals surface area contributed by atoms with Gasteiger partial charge in [-0.05, 0) is 24.3 Å². The van der Waals surface area contributed by atoms with Crippen molar-refractivity contribution in [2.75, 3.05) is 12.9 Å². The second-order valence-corrected chi connectivity index (χ2v) is 6.68. The van der Waals surface area contributed by atoms with Gasteiger partial charge >= 0.3 is 0 Å². The number of carbonyl (C=O) groups excluding carboxylic acids is 1. The van der Waals surface area contributed by atoms with Crippen LogP contribution in [0, 0.1) is 0 Å². The van der Waals surface area contributed by atoms with Gasteiger partial charge in [-0.3, -0.25) is 15.6 Å². The molecule has 6 nitrogen and oxygen atoms in total. The summed E-state index contributed by atoms with van der Waals surface area (Å²) in [7, 11) is -3.24. The number of thiol groups is 1. The third-order valence-corrected chi connectivity index (χ3v) is 3.27. The molecule has 0 saturated carbocycles. The highest BCUT2D eigenvalue weighted by Gasteiger charge is 2.07. The minimum atomic E-state index is -3.24. The van der Waals surface area contributed by atoms with Crippen LogP contribution in [0.5, 0.6) is 5.75 Å². The first kappa shape index (κ1) is 15.7. The summed E-state index contributed by atoms with van der Waals surface area (Å²) in [5, 5.41) is 0. The van der Waals surface area contributed by atoms with Crippen molar-refractivity contribution in [2.45, 2.75) is 4.90 Å². The van der Waals surface area contributed by atoms with Crippen LogP contribution in [0.25, 0.3) is 0 Å². The molecule has 1 rings (SSSR count). The molecular weight excluding hydrogens is 308 g/mol. The Morgan fingerprint density at radius 1 is 1.32 bits per heavy atom. The third kappa shape index (κ3) is 5.90. The molecule has 1 aromatic rings. The molecule has 0 aliphatic heterocycles. The van der Waals surface area contributed by atoms with Gasteiger partial charge in [-0.15, -0.1) is 12.6 Å². The lowest BCUT2D eigenvalue weighted by atomic mass is 10.3. The van der Waals surface area contributed by atoms with Gasteiger partial charge in [0.2, 0.25) is 0 Å². The van der Waals surface area contributed by atoms with Crippen LogP contribution in [0.3, 0.4) is 0 Å². The molecule has 1 aromatic carbocycles. The van der Waals surface area contributed by atoms with Crippen molar-refractivity contribution in [1.82, 2.24) is 10.9 Å². The Bertz CT molecular complexity index is 569. The lowest BCUT2D eigenvalue weighted by Crippen LogP contribution is -2.41. The molecule has 0 aliphatic rings. The summed E-state index contributed by atoms with van der Waals surface area (Å²) in [6.07, 6.45) is 1.11. The van der Waals surface area contributed by atoms with Crippen molar-refractivity contribution in [1.29, 1.82) is 0 Å². The molecule has 0 fully saturated rings. The Morgan fingerprint density at radius 3 is 2.37 bits per heavy atom. The van der Waals surface area contributed by atoms with Crippen LogP contribution in [-0.4, -0.2) is 31.5 Å². The van der Waals surface area contributed by atoms with Crippen molar-refractivity contribution in [3.05, 3.63) is 24.3 Å². The maximum atomic E-state index is 11.3. The largest absolute Gasteiger partial charge is 0.484 e. The highest BCUT2D eigenvalue weighted by molar-refractivity contribution is 8.11. The fourth-order valence-electron chi connectivity index (χ4n) is 1.09. The molecule has 9 heteroatoms. The molecule has 0 unspecified atom stereocenters. The Hall–Kier alpha value is -1.32. The van der Waals surface area contributed by atoms with Crippen LogP contribution >= 0.6 is 24.8 Å². The number of hydrazine groups is 1. The quantitative estimate of drug-likeness (QED) is 0.420. The molecule has 0 saturated heterocycles. The van der Waals surface area contributed by atoms with E-state index in [0.29, 0.717) is 5.75 Å². The highest BCUT2D eigenvalue weighted by atomic mass is 32.2. The molecule has 0 aromatic heterocycles. The predicted octanol–water partition coefficient (Wildman–Crippen LogP) is 0.304. The number of hydrogen-bond donors (Lipinski definition) is 3. The molecular formula is C10H12N2O4S3. The number of ether oxygens (including phenoxy) is 1. The van der Waals surface area contributed by atoms with Gasteiger partial charge in [-0.2, -0.15) is 0 Å². The Kier molecular flexibility index (Phi) is 5.58. The number of amides is 1. The van der Waals surface area contributed by atoms with Gasteiger partial charge in [-0.25, -0.2) is 8.42 Å². The summed E-state index contributed by atoms with van der Waals surface area (Å²) in [5.74, 6) is -0.0559. The van der Waals surface area contributed by atoms with Crippen LogP contribution in [0.1, 0.15) is 0 Å². The number of sulfone groups is 1. The number of rotatable bonds is 4. The Morgan fingerprint density at radius 2 is 1.89 bits per heavy atom. The lowest BCUT2D eigenvalue weighted by molar-refractivity contribution is -0.123. The summed E-state index contributed by atoms with van der Waals surface area (Å²) in [6, 6.07) is 5.76. The van der Waals surface area contributed by atoms with Gasteiger partial charge in [0, 0.05) is 6.26 Å². The average molecular weight is 320 g/mol. The second-order valence-electron chi connectivity index (χ2n) is 3.51. The first-order valence-electron chi connectivity index (χ1n) is 5.00.